The molecule has 0 saturated carbocycles. The summed E-state index contributed by atoms with van der Waals surface area (Å²) in [6.45, 7) is 8.82. The second kappa shape index (κ2) is 10.6. The van der Waals surface area contributed by atoms with E-state index in [1.54, 1.807) is 25.1 Å². The Kier molecular flexibility index (Phi) is 7.65. The standard InChI is InChI=1S/C24H29N3O4/c1-16(2)13-14-29-20-11-9-19(10-12-20)17(3)25-24(28)21-7-5-6-8-22(21)30-15-23-26-18(4)31-27-23/h5-12,16-17H,13-15H2,1-4H3,(H,25,28). The molecule has 7 heteroatoms. The third-order valence-corrected chi connectivity index (χ3v) is 4.75. The van der Waals surface area contributed by atoms with Gasteiger partial charge in [0.15, 0.2) is 6.61 Å². The minimum absolute atomic E-state index is 0.120. The zero-order valence-corrected chi connectivity index (χ0v) is 18.4. The van der Waals surface area contributed by atoms with Crippen molar-refractivity contribution >= 4 is 5.91 Å². The Morgan fingerprint density at radius 1 is 1.06 bits per heavy atom. The maximum Gasteiger partial charge on any atom is 0.255 e. The summed E-state index contributed by atoms with van der Waals surface area (Å²) < 4.78 is 16.5. The van der Waals surface area contributed by atoms with Crippen LogP contribution >= 0.6 is 0 Å². The highest BCUT2D eigenvalue weighted by molar-refractivity contribution is 5.97. The summed E-state index contributed by atoms with van der Waals surface area (Å²) in [7, 11) is 0. The Hall–Kier alpha value is -3.35. The number of nitrogens with one attached hydrogen (secondary N) is 1. The summed E-state index contributed by atoms with van der Waals surface area (Å²) in [6.07, 6.45) is 1.02. The van der Waals surface area contributed by atoms with Crippen LogP contribution in [0.1, 0.15) is 60.9 Å². The Morgan fingerprint density at radius 3 is 2.48 bits per heavy atom. The van der Waals surface area contributed by atoms with Crippen LogP contribution in [0.5, 0.6) is 11.5 Å². The molecule has 1 amide bonds. The van der Waals surface area contributed by atoms with E-state index in [-0.39, 0.29) is 18.6 Å². The number of carbonyl (C=O) groups is 1. The van der Waals surface area contributed by atoms with Crippen molar-refractivity contribution in [2.45, 2.75) is 46.8 Å². The van der Waals surface area contributed by atoms with Crippen LogP contribution in [-0.4, -0.2) is 22.7 Å². The molecule has 0 radical (unpaired) electrons. The van der Waals surface area contributed by atoms with Crippen LogP contribution in [0.25, 0.3) is 0 Å². The molecule has 31 heavy (non-hydrogen) atoms. The van der Waals surface area contributed by atoms with Gasteiger partial charge in [-0.25, -0.2) is 0 Å². The zero-order chi connectivity index (χ0) is 22.2. The van der Waals surface area contributed by atoms with Crippen molar-refractivity contribution < 1.29 is 18.8 Å². The van der Waals surface area contributed by atoms with E-state index in [1.807, 2.05) is 37.3 Å². The molecule has 1 atom stereocenters. The average molecular weight is 424 g/mol. The summed E-state index contributed by atoms with van der Waals surface area (Å²) in [5.74, 6) is 2.58. The lowest BCUT2D eigenvalue weighted by molar-refractivity contribution is 0.0935. The highest BCUT2D eigenvalue weighted by Gasteiger charge is 2.16. The van der Waals surface area contributed by atoms with Crippen molar-refractivity contribution in [2.75, 3.05) is 6.61 Å². The molecule has 1 aromatic heterocycles. The molecule has 3 aromatic rings. The van der Waals surface area contributed by atoms with Crippen LogP contribution < -0.4 is 14.8 Å². The van der Waals surface area contributed by atoms with Crippen molar-refractivity contribution in [3.8, 4) is 11.5 Å². The molecule has 0 aliphatic carbocycles. The predicted octanol–water partition coefficient (Wildman–Crippen LogP) is 4.87. The highest BCUT2D eigenvalue weighted by Crippen LogP contribution is 2.22. The summed E-state index contributed by atoms with van der Waals surface area (Å²) in [6, 6.07) is 14.7. The van der Waals surface area contributed by atoms with Gasteiger partial charge >= 0.3 is 0 Å². The van der Waals surface area contributed by atoms with Crippen LogP contribution in [0.15, 0.2) is 53.1 Å². The van der Waals surface area contributed by atoms with Crippen molar-refractivity contribution in [1.29, 1.82) is 0 Å². The van der Waals surface area contributed by atoms with E-state index in [4.69, 9.17) is 14.0 Å². The van der Waals surface area contributed by atoms with E-state index in [0.717, 1.165) is 17.7 Å². The number of carbonyl (C=O) groups excluding carboxylic acids is 1. The molecule has 164 valence electrons. The topological polar surface area (TPSA) is 86.5 Å². The fourth-order valence-electron chi connectivity index (χ4n) is 2.95. The number of aromatic nitrogens is 2. The molecule has 1 N–H and O–H groups in total. The van der Waals surface area contributed by atoms with Gasteiger partial charge in [0.25, 0.3) is 5.91 Å². The van der Waals surface area contributed by atoms with Gasteiger partial charge in [-0.1, -0.05) is 43.3 Å². The number of nitrogens with zero attached hydrogens (tertiary/aromatic N) is 2. The van der Waals surface area contributed by atoms with Gasteiger partial charge in [0.1, 0.15) is 11.5 Å². The van der Waals surface area contributed by atoms with Gasteiger partial charge in [-0.15, -0.1) is 0 Å². The SMILES string of the molecule is Cc1nc(COc2ccccc2C(=O)NC(C)c2ccc(OCCC(C)C)cc2)no1. The van der Waals surface area contributed by atoms with Gasteiger partial charge in [0, 0.05) is 6.92 Å². The van der Waals surface area contributed by atoms with Crippen LogP contribution in [0, 0.1) is 12.8 Å². The Balaban J connectivity index is 1.59. The van der Waals surface area contributed by atoms with Crippen LogP contribution in [0.3, 0.4) is 0 Å². The fourth-order valence-corrected chi connectivity index (χ4v) is 2.95. The number of rotatable bonds is 10. The van der Waals surface area contributed by atoms with Gasteiger partial charge < -0.3 is 19.3 Å². The minimum atomic E-state index is -0.218. The average Bonchev–Trinajstić information content (AvgIpc) is 3.17. The maximum absolute atomic E-state index is 12.9. The van der Waals surface area contributed by atoms with Crippen molar-refractivity contribution in [3.05, 3.63) is 71.4 Å². The molecule has 0 aliphatic heterocycles. The van der Waals surface area contributed by atoms with E-state index in [9.17, 15) is 4.79 Å². The van der Waals surface area contributed by atoms with Gasteiger partial charge in [-0.05, 0) is 49.1 Å². The maximum atomic E-state index is 12.9. The summed E-state index contributed by atoms with van der Waals surface area (Å²) in [5.41, 5.74) is 1.44. The van der Waals surface area contributed by atoms with Crippen LogP contribution in [0.2, 0.25) is 0 Å². The second-order valence-corrected chi connectivity index (χ2v) is 7.81. The van der Waals surface area contributed by atoms with Crippen LogP contribution in [-0.2, 0) is 6.61 Å². The lowest BCUT2D eigenvalue weighted by atomic mass is 10.1. The first-order valence-corrected chi connectivity index (χ1v) is 10.5. The number of para-hydroxylation sites is 1. The number of hydrogen-bond donors (Lipinski definition) is 1. The molecule has 0 saturated heterocycles. The van der Waals surface area contributed by atoms with Gasteiger partial charge in [0.05, 0.1) is 18.2 Å². The van der Waals surface area contributed by atoms with Gasteiger partial charge in [-0.3, -0.25) is 4.79 Å². The molecule has 1 unspecified atom stereocenters. The molecular formula is C24H29N3O4. The molecule has 0 bridgehead atoms. The van der Waals surface area contributed by atoms with Crippen molar-refractivity contribution in [2.24, 2.45) is 5.92 Å². The molecule has 0 spiro atoms. The largest absolute Gasteiger partial charge is 0.494 e. The molecule has 2 aromatic carbocycles. The normalized spacial score (nSPS) is 11.9. The highest BCUT2D eigenvalue weighted by atomic mass is 16.5. The Labute approximate surface area is 182 Å². The van der Waals surface area contributed by atoms with Crippen molar-refractivity contribution in [3.63, 3.8) is 0 Å². The van der Waals surface area contributed by atoms with E-state index in [1.165, 1.54) is 0 Å². The molecule has 3 rings (SSSR count). The third-order valence-electron chi connectivity index (χ3n) is 4.75. The molecule has 1 heterocycles. The molecule has 7 nitrogen and oxygen atoms in total. The van der Waals surface area contributed by atoms with Crippen molar-refractivity contribution in [1.82, 2.24) is 15.5 Å². The zero-order valence-electron chi connectivity index (χ0n) is 18.4. The first-order chi connectivity index (χ1) is 14.9. The van der Waals surface area contributed by atoms with E-state index in [0.29, 0.717) is 35.6 Å². The quantitative estimate of drug-likeness (QED) is 0.500. The monoisotopic (exact) mass is 423 g/mol. The molecular weight excluding hydrogens is 394 g/mol. The number of amides is 1. The molecule has 0 fully saturated rings. The van der Waals surface area contributed by atoms with Crippen LogP contribution in [0.4, 0.5) is 0 Å². The third kappa shape index (κ3) is 6.57. The summed E-state index contributed by atoms with van der Waals surface area (Å²) in [5, 5.41) is 6.83. The first-order valence-electron chi connectivity index (χ1n) is 10.5. The number of aryl methyl sites for hydroxylation is 1. The second-order valence-electron chi connectivity index (χ2n) is 7.81. The Bertz CT molecular complexity index is 982. The number of benzene rings is 2. The van der Waals surface area contributed by atoms with E-state index < -0.39 is 0 Å². The lowest BCUT2D eigenvalue weighted by Gasteiger charge is -2.17. The lowest BCUT2D eigenvalue weighted by Crippen LogP contribution is -2.27. The minimum Gasteiger partial charge on any atom is -0.494 e. The summed E-state index contributed by atoms with van der Waals surface area (Å²) in [4.78, 5) is 17.0. The number of hydrogen-bond acceptors (Lipinski definition) is 6. The number of ether oxygens (including phenoxy) is 2. The fraction of sp³-hybridized carbons (Fsp3) is 0.375. The Morgan fingerprint density at radius 2 is 1.81 bits per heavy atom. The van der Waals surface area contributed by atoms with Gasteiger partial charge in [-0.2, -0.15) is 4.98 Å². The smallest absolute Gasteiger partial charge is 0.255 e. The van der Waals surface area contributed by atoms with E-state index >= 15 is 0 Å². The predicted molar refractivity (Wildman–Crippen MR) is 117 cm³/mol. The molecule has 0 aliphatic rings. The van der Waals surface area contributed by atoms with E-state index in [2.05, 4.69) is 29.3 Å². The summed E-state index contributed by atoms with van der Waals surface area (Å²) >= 11 is 0. The first kappa shape index (κ1) is 22.3. The van der Waals surface area contributed by atoms with Gasteiger partial charge in [0.2, 0.25) is 11.7 Å².